The summed E-state index contributed by atoms with van der Waals surface area (Å²) in [6.45, 7) is 3.11. The number of ether oxygens (including phenoxy) is 5. The van der Waals surface area contributed by atoms with Crippen molar-refractivity contribution in [2.24, 2.45) is 0 Å². The Morgan fingerprint density at radius 3 is 1.56 bits per heavy atom. The van der Waals surface area contributed by atoms with Crippen LogP contribution in [0.4, 0.5) is 33.3 Å². The van der Waals surface area contributed by atoms with Gasteiger partial charge in [-0.15, -0.1) is 0 Å². The minimum Gasteiger partial charge on any atom is -0.508 e. The molecule has 0 atom stereocenters. The van der Waals surface area contributed by atoms with Crippen LogP contribution < -0.4 is 23.7 Å². The molecule has 21 heteroatoms. The van der Waals surface area contributed by atoms with Crippen molar-refractivity contribution in [3.8, 4) is 51.7 Å². The number of aryl methyl sites for hydroxylation is 2. The van der Waals surface area contributed by atoms with Crippen LogP contribution in [0.1, 0.15) is 21.6 Å². The first kappa shape index (κ1) is 56.0. The third-order valence-electron chi connectivity index (χ3n) is 10.5. The highest BCUT2D eigenvalue weighted by Crippen LogP contribution is 2.32. The summed E-state index contributed by atoms with van der Waals surface area (Å²) in [6.07, 6.45) is 2.56. The van der Waals surface area contributed by atoms with Crippen LogP contribution in [0.2, 0.25) is 0 Å². The average molecular weight is 1060 g/mol. The number of aromatic hydroxyl groups is 1. The Hall–Kier alpha value is -10.3. The Morgan fingerprint density at radius 1 is 0.545 bits per heavy atom. The molecule has 394 valence electrons. The third-order valence-corrected chi connectivity index (χ3v) is 10.5. The lowest BCUT2D eigenvalue weighted by Crippen LogP contribution is -1.93. The molecule has 0 aliphatic carbocycles. The maximum Gasteiger partial charge on any atom is 0.272 e. The van der Waals surface area contributed by atoms with E-state index in [-0.39, 0.29) is 40.2 Å². The molecule has 0 saturated carbocycles. The van der Waals surface area contributed by atoms with E-state index in [0.717, 1.165) is 35.2 Å². The Bertz CT molecular complexity index is 3650. The summed E-state index contributed by atoms with van der Waals surface area (Å²) in [5, 5.41) is 37.8. The Morgan fingerprint density at radius 2 is 1.04 bits per heavy atom. The molecule has 0 radical (unpaired) electrons. The number of nitro benzene ring substituents is 2. The molecule has 0 saturated heterocycles. The number of methoxy groups -OCH3 is 2. The van der Waals surface area contributed by atoms with Gasteiger partial charge in [-0.2, -0.15) is 5.10 Å². The van der Waals surface area contributed by atoms with Crippen LogP contribution in [-0.4, -0.2) is 50.6 Å². The van der Waals surface area contributed by atoms with Crippen molar-refractivity contribution in [2.75, 3.05) is 14.2 Å². The number of phenols is 1. The number of aldehydes is 1. The van der Waals surface area contributed by atoms with Gasteiger partial charge >= 0.3 is 0 Å². The second-order valence-electron chi connectivity index (χ2n) is 15.9. The zero-order valence-corrected chi connectivity index (χ0v) is 41.0. The summed E-state index contributed by atoms with van der Waals surface area (Å²) >= 11 is 0. The van der Waals surface area contributed by atoms with Gasteiger partial charge in [0, 0.05) is 70.0 Å². The van der Waals surface area contributed by atoms with E-state index in [1.807, 2.05) is 30.5 Å². The van der Waals surface area contributed by atoms with Gasteiger partial charge in [0.2, 0.25) is 0 Å². The predicted octanol–water partition coefficient (Wildman–Crippen LogP) is 14.8. The van der Waals surface area contributed by atoms with Crippen molar-refractivity contribution in [3.63, 3.8) is 0 Å². The number of aromatic amines is 2. The summed E-state index contributed by atoms with van der Waals surface area (Å²) in [6, 6.07) is 40.2. The van der Waals surface area contributed by atoms with Crippen molar-refractivity contribution in [2.45, 2.75) is 13.8 Å². The highest BCUT2D eigenvalue weighted by Gasteiger charge is 2.13. The molecule has 10 rings (SSSR count). The standard InChI is InChI=1S/C15H12FNO2.C14H9FN2O2.C14H12FNO4.C7H6FNO2.C6H5FO/c1-18-15-5-3-12(9-13(15)16)19-11-2-4-14-10(8-11)6-7-17-14;15-9-2-1-3-10(6-9)19-11-4-5-13-12(7-11)14(8-18)17-16-13;1-9-7-10(3-5-13(9)16(17)18)20-11-4-6-14(19-2)12(15)8-11;1-5-4-6(8)2-3-7(5)9(10)11;7-5-2-1-3-6(8)4-5/h2-9,17H,1H3;1-8H,(H,16,17);3-8H,1-2H3;2-4H,1H3;1-4,8H. The van der Waals surface area contributed by atoms with Gasteiger partial charge in [0.1, 0.15) is 63.4 Å². The maximum atomic E-state index is 13.5. The lowest BCUT2D eigenvalue weighted by Gasteiger charge is -2.08. The molecule has 2 aromatic heterocycles. The van der Waals surface area contributed by atoms with Gasteiger partial charge in [-0.25, -0.2) is 22.0 Å². The number of benzene rings is 8. The first-order valence-electron chi connectivity index (χ1n) is 22.5. The van der Waals surface area contributed by atoms with E-state index < -0.39 is 33.1 Å². The number of nitro groups is 2. The molecule has 16 nitrogen and oxygen atoms in total. The number of fused-ring (bicyclic) bond motifs is 2. The molecule has 77 heavy (non-hydrogen) atoms. The average Bonchev–Trinajstić information content (AvgIpc) is 4.04. The maximum absolute atomic E-state index is 13.5. The lowest BCUT2D eigenvalue weighted by atomic mass is 10.2. The van der Waals surface area contributed by atoms with Gasteiger partial charge in [0.25, 0.3) is 11.4 Å². The SMILES string of the molecule is COc1ccc(Oc2ccc([N+](=O)[O-])c(C)c2)cc1F.COc1ccc(Oc2ccc3[nH]ccc3c2)cc1F.Cc1cc(F)ccc1[N+](=O)[O-].O=Cc1[nH]nc2ccc(Oc3cccc(F)c3)cc12.Oc1cccc(F)c1. The topological polar surface area (TPSA) is 214 Å². The number of carbonyl (C=O) groups is 1. The zero-order chi connectivity index (χ0) is 55.6. The predicted molar refractivity (Wildman–Crippen MR) is 276 cm³/mol. The van der Waals surface area contributed by atoms with E-state index in [1.165, 1.54) is 87.9 Å². The van der Waals surface area contributed by atoms with E-state index in [9.17, 15) is 47.0 Å². The Labute approximate surface area is 434 Å². The Kier molecular flexibility index (Phi) is 19.3. The molecule has 2 heterocycles. The number of halogens is 5. The largest absolute Gasteiger partial charge is 0.508 e. The first-order chi connectivity index (χ1) is 36.9. The number of phenolic OH excluding ortho intramolecular Hbond substituents is 1. The number of hydrogen-bond donors (Lipinski definition) is 3. The van der Waals surface area contributed by atoms with Gasteiger partial charge in [0.05, 0.1) is 29.6 Å². The van der Waals surface area contributed by atoms with Crippen LogP contribution in [0.25, 0.3) is 21.8 Å². The molecule has 0 spiro atoms. The monoisotopic (exact) mass is 1060 g/mol. The smallest absolute Gasteiger partial charge is 0.272 e. The fourth-order valence-corrected chi connectivity index (χ4v) is 6.81. The highest BCUT2D eigenvalue weighted by molar-refractivity contribution is 5.95. The van der Waals surface area contributed by atoms with Crippen molar-refractivity contribution >= 4 is 39.5 Å². The molecular weight excluding hydrogens is 1010 g/mol. The minimum absolute atomic E-state index is 0.0123. The molecule has 0 amide bonds. The van der Waals surface area contributed by atoms with Crippen LogP contribution >= 0.6 is 0 Å². The number of rotatable bonds is 11. The lowest BCUT2D eigenvalue weighted by molar-refractivity contribution is -0.385. The minimum atomic E-state index is -0.538. The van der Waals surface area contributed by atoms with E-state index >= 15 is 0 Å². The van der Waals surface area contributed by atoms with Crippen LogP contribution in [0.15, 0.2) is 170 Å². The molecular formula is C56H44F5N5O11. The summed E-state index contributed by atoms with van der Waals surface area (Å²) in [5.74, 6) is 0.785. The number of nitrogens with one attached hydrogen (secondary N) is 2. The summed E-state index contributed by atoms with van der Waals surface area (Å²) in [5.41, 5.74) is 2.88. The summed E-state index contributed by atoms with van der Waals surface area (Å²) in [4.78, 5) is 33.9. The van der Waals surface area contributed by atoms with Gasteiger partial charge in [-0.1, -0.05) is 12.1 Å². The normalized spacial score (nSPS) is 10.2. The van der Waals surface area contributed by atoms with Crippen LogP contribution in [-0.2, 0) is 0 Å². The first-order valence-corrected chi connectivity index (χ1v) is 22.5. The van der Waals surface area contributed by atoms with E-state index in [1.54, 1.807) is 55.5 Å². The van der Waals surface area contributed by atoms with Gasteiger partial charge in [0.15, 0.2) is 29.4 Å². The quantitative estimate of drug-likeness (QED) is 0.0477. The number of nitrogens with zero attached hydrogens (tertiary/aromatic N) is 3. The number of carbonyl (C=O) groups excluding carboxylic acids is 1. The zero-order valence-electron chi connectivity index (χ0n) is 41.0. The molecule has 0 unspecified atom stereocenters. The molecule has 0 aliphatic heterocycles. The van der Waals surface area contributed by atoms with E-state index in [4.69, 9.17) is 28.8 Å². The van der Waals surface area contributed by atoms with E-state index in [0.29, 0.717) is 62.8 Å². The fraction of sp³-hybridized carbons (Fsp3) is 0.0714. The molecule has 0 fully saturated rings. The molecule has 0 bridgehead atoms. The van der Waals surface area contributed by atoms with Gasteiger partial charge in [-0.3, -0.25) is 30.1 Å². The number of H-pyrrole nitrogens is 2. The fourth-order valence-electron chi connectivity index (χ4n) is 6.81. The summed E-state index contributed by atoms with van der Waals surface area (Å²) in [7, 11) is 2.80. The molecule has 0 aliphatic rings. The highest BCUT2D eigenvalue weighted by atomic mass is 19.1. The van der Waals surface area contributed by atoms with Crippen molar-refractivity contribution < 1.29 is 65.4 Å². The van der Waals surface area contributed by atoms with Gasteiger partial charge in [-0.05, 0) is 129 Å². The number of aromatic nitrogens is 3. The Balaban J connectivity index is 0.000000161. The third kappa shape index (κ3) is 16.1. The van der Waals surface area contributed by atoms with Crippen LogP contribution in [0, 0.1) is 63.2 Å². The van der Waals surface area contributed by atoms with Crippen LogP contribution in [0.3, 0.4) is 0 Å². The van der Waals surface area contributed by atoms with Crippen molar-refractivity contribution in [1.29, 1.82) is 0 Å². The second kappa shape index (κ2) is 26.6. The molecule has 8 aromatic carbocycles. The number of hydrogen-bond acceptors (Lipinski definition) is 12. The van der Waals surface area contributed by atoms with Gasteiger partial charge < -0.3 is 33.8 Å². The second-order valence-corrected chi connectivity index (χ2v) is 15.9. The van der Waals surface area contributed by atoms with Crippen molar-refractivity contribution in [3.05, 3.63) is 236 Å². The summed E-state index contributed by atoms with van der Waals surface area (Å²) < 4.78 is 90.8. The molecule has 10 aromatic rings. The van der Waals surface area contributed by atoms with Crippen LogP contribution in [0.5, 0.6) is 51.7 Å². The van der Waals surface area contributed by atoms with Crippen molar-refractivity contribution in [1.82, 2.24) is 15.2 Å². The molecule has 3 N–H and O–H groups in total. The van der Waals surface area contributed by atoms with E-state index in [2.05, 4.69) is 15.2 Å².